The first kappa shape index (κ1) is 14.8. The number of hydrogen-bond donors (Lipinski definition) is 0. The molecule has 1 aliphatic heterocycles. The molecule has 0 fully saturated rings. The lowest BCUT2D eigenvalue weighted by Crippen LogP contribution is -2.42. The van der Waals surface area contributed by atoms with Crippen LogP contribution in [0.2, 0.25) is 0 Å². The lowest BCUT2D eigenvalue weighted by atomic mass is 10.1. The van der Waals surface area contributed by atoms with E-state index in [0.29, 0.717) is 11.1 Å². The van der Waals surface area contributed by atoms with Crippen LogP contribution < -0.4 is 0 Å². The van der Waals surface area contributed by atoms with Crippen LogP contribution in [0.25, 0.3) is 0 Å². The van der Waals surface area contributed by atoms with E-state index in [2.05, 4.69) is 0 Å². The SMILES string of the molecule is C[C@@H](C(F)Sc1ccccc1)N1C(=O)c2ccccc2C1=O. The van der Waals surface area contributed by atoms with Crippen molar-refractivity contribution in [2.75, 3.05) is 0 Å². The Bertz CT molecular complexity index is 685. The van der Waals surface area contributed by atoms with Gasteiger partial charge in [-0.1, -0.05) is 42.1 Å². The summed E-state index contributed by atoms with van der Waals surface area (Å²) in [5, 5.41) is 0. The monoisotopic (exact) mass is 315 g/mol. The van der Waals surface area contributed by atoms with Crippen molar-refractivity contribution in [1.82, 2.24) is 4.90 Å². The molecule has 1 aliphatic rings. The molecule has 2 amide bonds. The summed E-state index contributed by atoms with van der Waals surface area (Å²) in [6.07, 6.45) is 0. The standard InChI is InChI=1S/C17H14FNO2S/c1-11(15(18)22-12-7-3-2-4-8-12)19-16(20)13-9-5-6-10-14(13)17(19)21/h2-11,15H,1H3/t11-,15?/m0/s1. The van der Waals surface area contributed by atoms with Crippen LogP contribution in [0.3, 0.4) is 0 Å². The second-order valence-corrected chi connectivity index (χ2v) is 6.21. The Kier molecular flexibility index (Phi) is 3.98. The Hall–Kier alpha value is -2.14. The summed E-state index contributed by atoms with van der Waals surface area (Å²) in [6.45, 7) is 1.56. The minimum absolute atomic E-state index is 0.344. The minimum atomic E-state index is -1.38. The third-order valence-corrected chi connectivity index (χ3v) is 4.77. The van der Waals surface area contributed by atoms with Gasteiger partial charge in [0.05, 0.1) is 17.2 Å². The van der Waals surface area contributed by atoms with E-state index < -0.39 is 23.4 Å². The summed E-state index contributed by atoms with van der Waals surface area (Å²) in [4.78, 5) is 26.5. The normalized spacial score (nSPS) is 16.5. The zero-order valence-corrected chi connectivity index (χ0v) is 12.7. The topological polar surface area (TPSA) is 37.4 Å². The highest BCUT2D eigenvalue weighted by Gasteiger charge is 2.41. The molecule has 2 atom stereocenters. The maximum Gasteiger partial charge on any atom is 0.261 e. The van der Waals surface area contributed by atoms with Gasteiger partial charge in [0.15, 0.2) is 5.50 Å². The van der Waals surface area contributed by atoms with Crippen LogP contribution in [0.1, 0.15) is 27.6 Å². The lowest BCUT2D eigenvalue weighted by Gasteiger charge is -2.25. The van der Waals surface area contributed by atoms with Gasteiger partial charge in [-0.15, -0.1) is 0 Å². The molecular weight excluding hydrogens is 301 g/mol. The highest BCUT2D eigenvalue weighted by molar-refractivity contribution is 7.99. The predicted octanol–water partition coefficient (Wildman–Crippen LogP) is 3.76. The van der Waals surface area contributed by atoms with Crippen LogP contribution in [0.4, 0.5) is 4.39 Å². The van der Waals surface area contributed by atoms with Gasteiger partial charge in [-0.25, -0.2) is 4.39 Å². The summed E-state index contributed by atoms with van der Waals surface area (Å²) in [5.74, 6) is -0.853. The van der Waals surface area contributed by atoms with Crippen molar-refractivity contribution < 1.29 is 14.0 Å². The van der Waals surface area contributed by atoms with E-state index in [1.807, 2.05) is 18.2 Å². The quantitative estimate of drug-likeness (QED) is 0.637. The fourth-order valence-electron chi connectivity index (χ4n) is 2.42. The first-order valence-electron chi connectivity index (χ1n) is 6.92. The molecule has 0 saturated heterocycles. The van der Waals surface area contributed by atoms with Crippen LogP contribution in [0.5, 0.6) is 0 Å². The van der Waals surface area contributed by atoms with Crippen LogP contribution in [0.15, 0.2) is 59.5 Å². The van der Waals surface area contributed by atoms with E-state index in [1.165, 1.54) is 0 Å². The van der Waals surface area contributed by atoms with E-state index in [0.717, 1.165) is 21.6 Å². The summed E-state index contributed by atoms with van der Waals surface area (Å²) in [7, 11) is 0. The molecule has 0 N–H and O–H groups in total. The maximum atomic E-state index is 14.5. The molecule has 0 saturated carbocycles. The molecule has 5 heteroatoms. The Morgan fingerprint density at radius 3 is 1.95 bits per heavy atom. The zero-order valence-electron chi connectivity index (χ0n) is 11.9. The van der Waals surface area contributed by atoms with Gasteiger partial charge in [0.25, 0.3) is 11.8 Å². The molecule has 0 aromatic heterocycles. The molecule has 22 heavy (non-hydrogen) atoms. The summed E-state index contributed by atoms with van der Waals surface area (Å²) in [5.41, 5.74) is -0.697. The number of benzene rings is 2. The van der Waals surface area contributed by atoms with Gasteiger partial charge in [0, 0.05) is 4.90 Å². The molecule has 3 rings (SSSR count). The van der Waals surface area contributed by atoms with Crippen molar-refractivity contribution in [3.8, 4) is 0 Å². The summed E-state index contributed by atoms with van der Waals surface area (Å²) >= 11 is 1.01. The number of fused-ring (bicyclic) bond motifs is 1. The van der Waals surface area contributed by atoms with Crippen LogP contribution in [-0.4, -0.2) is 28.3 Å². The Balaban J connectivity index is 1.80. The Morgan fingerprint density at radius 1 is 0.909 bits per heavy atom. The van der Waals surface area contributed by atoms with Crippen LogP contribution in [0, 0.1) is 0 Å². The maximum absolute atomic E-state index is 14.5. The molecule has 3 nitrogen and oxygen atoms in total. The lowest BCUT2D eigenvalue weighted by molar-refractivity contribution is 0.0561. The van der Waals surface area contributed by atoms with E-state index >= 15 is 0 Å². The van der Waals surface area contributed by atoms with Gasteiger partial charge >= 0.3 is 0 Å². The van der Waals surface area contributed by atoms with Crippen molar-refractivity contribution in [1.29, 1.82) is 0 Å². The third-order valence-electron chi connectivity index (χ3n) is 3.60. The van der Waals surface area contributed by atoms with E-state index in [4.69, 9.17) is 0 Å². The van der Waals surface area contributed by atoms with Gasteiger partial charge in [-0.3, -0.25) is 14.5 Å². The number of thioether (sulfide) groups is 1. The van der Waals surface area contributed by atoms with Gasteiger partial charge in [-0.05, 0) is 31.2 Å². The number of carbonyl (C=O) groups excluding carboxylic acids is 2. The molecule has 2 aromatic carbocycles. The van der Waals surface area contributed by atoms with Gasteiger partial charge in [0.1, 0.15) is 0 Å². The van der Waals surface area contributed by atoms with E-state index in [9.17, 15) is 14.0 Å². The Morgan fingerprint density at radius 2 is 1.41 bits per heavy atom. The second kappa shape index (κ2) is 5.93. The van der Waals surface area contributed by atoms with Crippen molar-refractivity contribution in [2.24, 2.45) is 0 Å². The fraction of sp³-hybridized carbons (Fsp3) is 0.176. The number of alkyl halides is 1. The number of nitrogens with zero attached hydrogens (tertiary/aromatic N) is 1. The van der Waals surface area contributed by atoms with Crippen molar-refractivity contribution in [3.63, 3.8) is 0 Å². The highest BCUT2D eigenvalue weighted by Crippen LogP contribution is 2.32. The third kappa shape index (κ3) is 2.52. The first-order chi connectivity index (χ1) is 10.6. The van der Waals surface area contributed by atoms with E-state index in [1.54, 1.807) is 43.3 Å². The van der Waals surface area contributed by atoms with Crippen molar-refractivity contribution >= 4 is 23.6 Å². The number of amides is 2. The summed E-state index contributed by atoms with van der Waals surface area (Å²) < 4.78 is 14.5. The average molecular weight is 315 g/mol. The number of imide groups is 1. The average Bonchev–Trinajstić information content (AvgIpc) is 2.79. The van der Waals surface area contributed by atoms with Gasteiger partial charge in [0.2, 0.25) is 0 Å². The number of hydrogen-bond acceptors (Lipinski definition) is 3. The van der Waals surface area contributed by atoms with Crippen molar-refractivity contribution in [2.45, 2.75) is 23.4 Å². The minimum Gasteiger partial charge on any atom is -0.269 e. The molecule has 2 aromatic rings. The van der Waals surface area contributed by atoms with Crippen LogP contribution in [-0.2, 0) is 0 Å². The molecule has 0 bridgehead atoms. The van der Waals surface area contributed by atoms with Gasteiger partial charge in [-0.2, -0.15) is 0 Å². The van der Waals surface area contributed by atoms with Crippen molar-refractivity contribution in [3.05, 3.63) is 65.7 Å². The number of rotatable bonds is 4. The predicted molar refractivity (Wildman–Crippen MR) is 83.6 cm³/mol. The zero-order chi connectivity index (χ0) is 15.7. The smallest absolute Gasteiger partial charge is 0.261 e. The summed E-state index contributed by atoms with van der Waals surface area (Å²) in [6, 6.07) is 14.8. The molecule has 0 spiro atoms. The van der Waals surface area contributed by atoms with Crippen LogP contribution >= 0.6 is 11.8 Å². The van der Waals surface area contributed by atoms with Gasteiger partial charge < -0.3 is 0 Å². The Labute approximate surface area is 132 Å². The number of carbonyl (C=O) groups is 2. The molecule has 1 unspecified atom stereocenters. The molecule has 112 valence electrons. The molecule has 0 aliphatic carbocycles. The second-order valence-electron chi connectivity index (χ2n) is 5.05. The number of halogens is 1. The molecule has 0 radical (unpaired) electrons. The van der Waals surface area contributed by atoms with E-state index in [-0.39, 0.29) is 0 Å². The fourth-order valence-corrected chi connectivity index (χ4v) is 3.32. The molecule has 1 heterocycles. The largest absolute Gasteiger partial charge is 0.269 e. The first-order valence-corrected chi connectivity index (χ1v) is 7.80. The molecular formula is C17H14FNO2S. The highest BCUT2D eigenvalue weighted by atomic mass is 32.2.